The van der Waals surface area contributed by atoms with E-state index in [2.05, 4.69) is 15.5 Å². The van der Waals surface area contributed by atoms with Gasteiger partial charge < -0.3 is 15.0 Å². The van der Waals surface area contributed by atoms with Gasteiger partial charge in [0.25, 0.3) is 0 Å². The molecule has 0 aromatic carbocycles. The summed E-state index contributed by atoms with van der Waals surface area (Å²) in [4.78, 5) is 22.3. The lowest BCUT2D eigenvalue weighted by Crippen LogP contribution is -2.26. The van der Waals surface area contributed by atoms with Gasteiger partial charge in [-0.2, -0.15) is 0 Å². The smallest absolute Gasteiger partial charge is 0.331 e. The molecular formula is C10H14N4O3. The van der Waals surface area contributed by atoms with Crippen LogP contribution in [-0.4, -0.2) is 31.7 Å². The van der Waals surface area contributed by atoms with Crippen molar-refractivity contribution in [2.45, 2.75) is 20.4 Å². The Morgan fingerprint density at radius 1 is 1.41 bits per heavy atom. The largest absolute Gasteiger partial charge is 0.478 e. The molecule has 0 aliphatic carbocycles. The van der Waals surface area contributed by atoms with Crippen molar-refractivity contribution in [1.82, 2.24) is 20.1 Å². The molecule has 2 N–H and O–H groups in total. The molecule has 0 aliphatic heterocycles. The van der Waals surface area contributed by atoms with Crippen LogP contribution in [0.3, 0.4) is 0 Å². The monoisotopic (exact) mass is 238 g/mol. The van der Waals surface area contributed by atoms with E-state index in [4.69, 9.17) is 5.11 Å². The van der Waals surface area contributed by atoms with Gasteiger partial charge in [-0.25, -0.2) is 4.79 Å². The van der Waals surface area contributed by atoms with Crippen LogP contribution in [0.2, 0.25) is 0 Å². The molecule has 1 heterocycles. The van der Waals surface area contributed by atoms with Gasteiger partial charge >= 0.3 is 5.97 Å². The van der Waals surface area contributed by atoms with E-state index < -0.39 is 11.9 Å². The van der Waals surface area contributed by atoms with Crippen molar-refractivity contribution in [3.63, 3.8) is 0 Å². The molecule has 92 valence electrons. The van der Waals surface area contributed by atoms with E-state index in [-0.39, 0.29) is 17.7 Å². The summed E-state index contributed by atoms with van der Waals surface area (Å²) in [6.07, 6.45) is 1.52. The van der Waals surface area contributed by atoms with Crippen LogP contribution in [0.15, 0.2) is 17.5 Å². The predicted molar refractivity (Wildman–Crippen MR) is 58.9 cm³/mol. The van der Waals surface area contributed by atoms with Gasteiger partial charge in [-0.15, -0.1) is 10.2 Å². The number of carboxylic acid groups (broad SMARTS) is 1. The van der Waals surface area contributed by atoms with E-state index in [1.165, 1.54) is 20.2 Å². The van der Waals surface area contributed by atoms with Gasteiger partial charge in [0.1, 0.15) is 6.33 Å². The molecule has 1 aromatic rings. The molecular weight excluding hydrogens is 224 g/mol. The third-order valence-electron chi connectivity index (χ3n) is 2.44. The van der Waals surface area contributed by atoms with Crippen LogP contribution in [0.4, 0.5) is 0 Å². The number of hydrogen-bond acceptors (Lipinski definition) is 4. The lowest BCUT2D eigenvalue weighted by molar-refractivity contribution is -0.133. The van der Waals surface area contributed by atoms with Crippen molar-refractivity contribution in [2.24, 2.45) is 7.05 Å². The minimum Gasteiger partial charge on any atom is -0.478 e. The molecule has 17 heavy (non-hydrogen) atoms. The van der Waals surface area contributed by atoms with Gasteiger partial charge in [-0.05, 0) is 13.8 Å². The maximum Gasteiger partial charge on any atom is 0.331 e. The molecule has 0 saturated carbocycles. The number of carbonyl (C=O) groups is 2. The first-order valence-electron chi connectivity index (χ1n) is 4.95. The zero-order chi connectivity index (χ0) is 13.0. The third kappa shape index (κ3) is 3.13. The molecule has 0 atom stereocenters. The number of aromatic nitrogens is 3. The van der Waals surface area contributed by atoms with Crippen LogP contribution in [0.1, 0.15) is 19.7 Å². The summed E-state index contributed by atoms with van der Waals surface area (Å²) in [5.41, 5.74) is 0.208. The van der Waals surface area contributed by atoms with Crippen LogP contribution in [0.5, 0.6) is 0 Å². The van der Waals surface area contributed by atoms with Gasteiger partial charge in [-0.3, -0.25) is 4.79 Å². The minimum atomic E-state index is -1.10. The number of nitrogens with zero attached hydrogens (tertiary/aromatic N) is 3. The molecule has 0 saturated heterocycles. The molecule has 0 aliphatic rings. The van der Waals surface area contributed by atoms with Crippen LogP contribution in [0, 0.1) is 0 Å². The Labute approximate surface area is 98.2 Å². The van der Waals surface area contributed by atoms with Crippen LogP contribution in [-0.2, 0) is 23.2 Å². The zero-order valence-corrected chi connectivity index (χ0v) is 9.89. The molecule has 7 heteroatoms. The number of rotatable bonds is 4. The summed E-state index contributed by atoms with van der Waals surface area (Å²) in [6, 6.07) is 0. The number of aryl methyl sites for hydroxylation is 1. The maximum atomic E-state index is 11.6. The molecule has 7 nitrogen and oxygen atoms in total. The first-order valence-corrected chi connectivity index (χ1v) is 4.95. The average Bonchev–Trinajstić information content (AvgIpc) is 2.69. The van der Waals surface area contributed by atoms with Crippen molar-refractivity contribution in [2.75, 3.05) is 0 Å². The fraction of sp³-hybridized carbons (Fsp3) is 0.400. The van der Waals surface area contributed by atoms with E-state index in [1.54, 1.807) is 11.6 Å². The van der Waals surface area contributed by atoms with Crippen molar-refractivity contribution in [3.8, 4) is 0 Å². The Balaban J connectivity index is 2.65. The van der Waals surface area contributed by atoms with Crippen molar-refractivity contribution in [1.29, 1.82) is 0 Å². The third-order valence-corrected chi connectivity index (χ3v) is 2.44. The fourth-order valence-corrected chi connectivity index (χ4v) is 1.09. The van der Waals surface area contributed by atoms with E-state index in [1.807, 2.05) is 0 Å². The van der Waals surface area contributed by atoms with Crippen LogP contribution < -0.4 is 5.32 Å². The van der Waals surface area contributed by atoms with Gasteiger partial charge in [0.05, 0.1) is 6.54 Å². The first kappa shape index (κ1) is 12.9. The van der Waals surface area contributed by atoms with Crippen molar-refractivity contribution >= 4 is 11.9 Å². The standard InChI is InChI=1S/C10H14N4O3/c1-6(7(2)10(16)17)9(15)11-4-8-13-12-5-14(8)3/h5H,4H2,1-3H3,(H,11,15)(H,16,17). The van der Waals surface area contributed by atoms with E-state index in [9.17, 15) is 9.59 Å². The Bertz CT molecular complexity index is 476. The number of carbonyl (C=O) groups excluding carboxylic acids is 1. The van der Waals surface area contributed by atoms with Crippen LogP contribution >= 0.6 is 0 Å². The van der Waals surface area contributed by atoms with Crippen LogP contribution in [0.25, 0.3) is 0 Å². The predicted octanol–water partition coefficient (Wildman–Crippen LogP) is -0.148. The molecule has 0 radical (unpaired) electrons. The normalized spacial score (nSPS) is 11.9. The summed E-state index contributed by atoms with van der Waals surface area (Å²) in [5, 5.41) is 18.8. The number of nitrogens with one attached hydrogen (secondary N) is 1. The molecule has 0 bridgehead atoms. The topological polar surface area (TPSA) is 97.1 Å². The number of aliphatic carboxylic acids is 1. The Kier molecular flexibility index (Phi) is 3.97. The highest BCUT2D eigenvalue weighted by Crippen LogP contribution is 2.03. The summed E-state index contributed by atoms with van der Waals surface area (Å²) in [7, 11) is 1.76. The second-order valence-corrected chi connectivity index (χ2v) is 3.60. The highest BCUT2D eigenvalue weighted by Gasteiger charge is 2.12. The molecule has 1 rings (SSSR count). The van der Waals surface area contributed by atoms with E-state index >= 15 is 0 Å². The summed E-state index contributed by atoms with van der Waals surface area (Å²) < 4.78 is 1.67. The molecule has 0 unspecified atom stereocenters. The zero-order valence-electron chi connectivity index (χ0n) is 9.89. The second-order valence-electron chi connectivity index (χ2n) is 3.60. The molecule has 0 spiro atoms. The summed E-state index contributed by atoms with van der Waals surface area (Å²) in [5.74, 6) is -0.927. The molecule has 1 aromatic heterocycles. The summed E-state index contributed by atoms with van der Waals surface area (Å²) >= 11 is 0. The number of hydrogen-bond donors (Lipinski definition) is 2. The summed E-state index contributed by atoms with van der Waals surface area (Å²) in [6.45, 7) is 3.06. The maximum absolute atomic E-state index is 11.6. The van der Waals surface area contributed by atoms with E-state index in [0.29, 0.717) is 5.82 Å². The minimum absolute atomic E-state index is 0.0282. The Morgan fingerprint density at radius 2 is 2.06 bits per heavy atom. The number of amides is 1. The van der Waals surface area contributed by atoms with Gasteiger partial charge in [-0.1, -0.05) is 0 Å². The van der Waals surface area contributed by atoms with Gasteiger partial charge in [0, 0.05) is 18.2 Å². The first-order chi connectivity index (χ1) is 7.93. The highest BCUT2D eigenvalue weighted by molar-refractivity contribution is 6.01. The van der Waals surface area contributed by atoms with Crippen molar-refractivity contribution in [3.05, 3.63) is 23.3 Å². The average molecular weight is 238 g/mol. The van der Waals surface area contributed by atoms with Gasteiger partial charge in [0.2, 0.25) is 5.91 Å². The van der Waals surface area contributed by atoms with Gasteiger partial charge in [0.15, 0.2) is 5.82 Å². The fourth-order valence-electron chi connectivity index (χ4n) is 1.09. The van der Waals surface area contributed by atoms with Crippen molar-refractivity contribution < 1.29 is 14.7 Å². The Hall–Kier alpha value is -2.18. The SMILES string of the molecule is CC(C(=O)O)=C(C)C(=O)NCc1nncn1C. The Morgan fingerprint density at radius 3 is 2.53 bits per heavy atom. The van der Waals surface area contributed by atoms with E-state index in [0.717, 1.165) is 0 Å². The second kappa shape index (κ2) is 5.24. The lowest BCUT2D eigenvalue weighted by atomic mass is 10.1. The number of carboxylic acids is 1. The lowest BCUT2D eigenvalue weighted by Gasteiger charge is -2.06. The molecule has 1 amide bonds. The quantitative estimate of drug-likeness (QED) is 0.711. The molecule has 0 fully saturated rings. The highest BCUT2D eigenvalue weighted by atomic mass is 16.4.